The predicted molar refractivity (Wildman–Crippen MR) is 511 cm³/mol. The first-order valence-corrected chi connectivity index (χ1v) is 45.6. The van der Waals surface area contributed by atoms with Crippen molar-refractivity contribution in [1.29, 1.82) is 0 Å². The number of benzene rings is 8. The average Bonchev–Trinajstić information content (AvgIpc) is 1.76. The van der Waals surface area contributed by atoms with Crippen LogP contribution in [0.25, 0.3) is 11.1 Å². The second-order valence-corrected chi connectivity index (χ2v) is 39.7. The molecule has 1 aliphatic rings. The molecule has 8 aromatic rings. The molecule has 0 spiro atoms. The Kier molecular flexibility index (Phi) is 67.4. The van der Waals surface area contributed by atoms with E-state index >= 15 is 0 Å². The van der Waals surface area contributed by atoms with Gasteiger partial charge >= 0.3 is 29.8 Å². The van der Waals surface area contributed by atoms with Gasteiger partial charge in [0.15, 0.2) is 0 Å². The Bertz CT molecular complexity index is 3690. The molecule has 9 rings (SSSR count). The molecule has 0 atom stereocenters. The minimum absolute atomic E-state index is 0.121. The van der Waals surface area contributed by atoms with Crippen LogP contribution in [0.1, 0.15) is 270 Å². The number of aryl methyl sites for hydroxylation is 2. The maximum atomic E-state index is 11.0. The highest BCUT2D eigenvalue weighted by Crippen LogP contribution is 2.45. The van der Waals surface area contributed by atoms with E-state index in [1.807, 2.05) is 113 Å². The van der Waals surface area contributed by atoms with Gasteiger partial charge in [-0.05, 0) is 157 Å². The summed E-state index contributed by atoms with van der Waals surface area (Å²) in [5.41, 5.74) is 13.1. The molecule has 0 N–H and O–H groups in total. The van der Waals surface area contributed by atoms with E-state index in [9.17, 15) is 28.8 Å². The molecular formula is C106H160O12Si. The quantitative estimate of drug-likeness (QED) is 0.0225. The summed E-state index contributed by atoms with van der Waals surface area (Å²) in [7, 11) is 0.823. The summed E-state index contributed by atoms with van der Waals surface area (Å²) in [6, 6.07) is 76.9. The number of ketones is 1. The number of carbonyl (C=O) groups is 6. The van der Waals surface area contributed by atoms with Crippen LogP contribution in [0.2, 0.25) is 24.7 Å². The third-order valence-electron chi connectivity index (χ3n) is 16.3. The monoisotopic (exact) mass is 1650 g/mol. The minimum atomic E-state index is -0.859. The fourth-order valence-corrected chi connectivity index (χ4v) is 9.21. The summed E-state index contributed by atoms with van der Waals surface area (Å²) in [6.07, 6.45) is 10.0. The lowest BCUT2D eigenvalue weighted by Gasteiger charge is -2.32. The average molecular weight is 1650 g/mol. The Morgan fingerprint density at radius 1 is 0.412 bits per heavy atom. The van der Waals surface area contributed by atoms with Crippen LogP contribution in [0.5, 0.6) is 5.75 Å². The first kappa shape index (κ1) is 118. The SMILES string of the molecule is C=CCC.C=CCOC(C)=O.CC.CC(=O)OC(C)(C)C.CC(=O)OCC1c2ccccc2-c2ccccc21.CC(=O)OCCCC(C)(C)C.CC(=O)OCc1ccccc1.CC(C)(C)C.CC(C)(C)[Si](C)(C)C.CC(C)=O.CC(c1ccccc1)(c1ccccc1)c1ccccc1.CCC.CCc1ccc(OC)cc1.CCc1ccccc1. The van der Waals surface area contributed by atoms with Crippen molar-refractivity contribution in [2.45, 2.75) is 281 Å². The smallest absolute Gasteiger partial charge is 0.303 e. The third-order valence-corrected chi connectivity index (χ3v) is 20.8. The predicted octanol–water partition coefficient (Wildman–Crippen LogP) is 28.9. The van der Waals surface area contributed by atoms with Crippen LogP contribution in [-0.2, 0) is 77.3 Å². The van der Waals surface area contributed by atoms with Crippen molar-refractivity contribution in [2.75, 3.05) is 26.9 Å². The molecule has 0 heterocycles. The zero-order valence-electron chi connectivity index (χ0n) is 80.0. The molecule has 0 amide bonds. The van der Waals surface area contributed by atoms with E-state index in [-0.39, 0.29) is 52.6 Å². The van der Waals surface area contributed by atoms with Crippen LogP contribution < -0.4 is 4.74 Å². The van der Waals surface area contributed by atoms with Gasteiger partial charge in [-0.2, -0.15) is 0 Å². The van der Waals surface area contributed by atoms with Crippen LogP contribution in [0.15, 0.2) is 250 Å². The summed E-state index contributed by atoms with van der Waals surface area (Å²) in [4.78, 5) is 61.4. The van der Waals surface area contributed by atoms with Crippen molar-refractivity contribution in [3.63, 3.8) is 0 Å². The number of carbonyl (C=O) groups excluding carboxylic acids is 6. The van der Waals surface area contributed by atoms with E-state index in [2.05, 4.69) is 300 Å². The Morgan fingerprint density at radius 2 is 0.714 bits per heavy atom. The normalized spacial score (nSPS) is 10.4. The number of hydrogen-bond donors (Lipinski definition) is 0. The number of Topliss-reactive ketones (excluding diaryl/α,β-unsaturated/α-hetero) is 1. The van der Waals surface area contributed by atoms with Crippen molar-refractivity contribution >= 4 is 43.7 Å². The fraction of sp³-hybridized carbons (Fsp3) is 0.453. The summed E-state index contributed by atoms with van der Waals surface area (Å²) < 4.78 is 29.0. The molecule has 0 unspecified atom stereocenters. The van der Waals surface area contributed by atoms with Gasteiger partial charge in [0.2, 0.25) is 0 Å². The molecule has 0 saturated heterocycles. The first-order chi connectivity index (χ1) is 55.6. The molecule has 13 heteroatoms. The van der Waals surface area contributed by atoms with Crippen molar-refractivity contribution in [3.8, 4) is 16.9 Å². The van der Waals surface area contributed by atoms with Crippen molar-refractivity contribution < 1.29 is 57.2 Å². The number of hydrogen-bond acceptors (Lipinski definition) is 12. The molecule has 0 fully saturated rings. The van der Waals surface area contributed by atoms with E-state index < -0.39 is 8.07 Å². The number of allylic oxidation sites excluding steroid dienone is 1. The molecular weight excluding hydrogens is 1490 g/mol. The fourth-order valence-electron chi connectivity index (χ4n) is 9.21. The van der Waals surface area contributed by atoms with E-state index in [1.165, 1.54) is 111 Å². The van der Waals surface area contributed by atoms with Gasteiger partial charge in [-0.1, -0.05) is 375 Å². The standard InChI is InChI=1S/C20H18.C16H14O2.C9H10O2.C9H18O2.C9H12O.C8H10.C7H18Si.C6H12O2.C5H8O2.C5H12.C4H8.C3H6O.C3H8.C2H6/c1-20(17-11-5-2-6-12-17,18-13-7-3-8-14-18)19-15-9-4-10-16-19;1-11(17)18-10-16-14-8-4-2-6-12(14)13-7-3-5-9-15(13)16;1-8(10)11-7-9-5-3-2-4-6-9;1-8(10)11-7-5-6-9(2,3)4;1-3-8-4-6-9(10-2)7-5-8;1-2-8-6-4-3-5-7-8;1-7(2,3)8(4,5)6;1-5(7)8-6(2,3)4;1-3-4-7-5(2)6;1-5(2,3)4;1-3-4-2;1-3(2)4;1-3-2;1-2/h2-16H,1H3;2-9,16H,10H2,1H3;2-6H,7H2,1H3;5-7H2,1-4H3;4-7H,3H2,1-2H3;3-7H,2H2,1H3;1-6H3;1-4H3;3H,1,4H2,2H3;1-4H3;3H,1,4H2,2H3;1-2H3;3H2,1-2H3;1-2H3. The number of rotatable bonds is 16. The topological polar surface area (TPSA) is 158 Å². The first-order valence-electron chi connectivity index (χ1n) is 42.1. The number of methoxy groups -OCH3 is 1. The van der Waals surface area contributed by atoms with Crippen LogP contribution in [0.4, 0.5) is 0 Å². The van der Waals surface area contributed by atoms with Gasteiger partial charge in [-0.25, -0.2) is 0 Å². The van der Waals surface area contributed by atoms with Gasteiger partial charge in [-0.15, -0.1) is 6.58 Å². The second kappa shape index (κ2) is 68.1. The minimum Gasteiger partial charge on any atom is -0.497 e. The number of esters is 5. The van der Waals surface area contributed by atoms with Gasteiger partial charge < -0.3 is 33.2 Å². The van der Waals surface area contributed by atoms with Crippen molar-refractivity contribution in [1.82, 2.24) is 0 Å². The summed E-state index contributed by atoms with van der Waals surface area (Å²) >= 11 is 0. The molecule has 119 heavy (non-hydrogen) atoms. The van der Waals surface area contributed by atoms with Crippen LogP contribution in [0, 0.1) is 10.8 Å². The van der Waals surface area contributed by atoms with Gasteiger partial charge in [0.1, 0.15) is 37.0 Å². The zero-order chi connectivity index (χ0) is 92.3. The molecule has 0 aromatic heterocycles. The molecule has 0 saturated carbocycles. The van der Waals surface area contributed by atoms with E-state index in [4.69, 9.17) is 23.7 Å². The van der Waals surface area contributed by atoms with E-state index in [0.717, 1.165) is 43.4 Å². The van der Waals surface area contributed by atoms with E-state index in [0.29, 0.717) is 42.3 Å². The molecule has 1 aliphatic carbocycles. The maximum absolute atomic E-state index is 11.0. The third kappa shape index (κ3) is 66.8. The molecule has 0 bridgehead atoms. The Hall–Kier alpha value is -9.72. The van der Waals surface area contributed by atoms with Gasteiger partial charge in [0, 0.05) is 54.0 Å². The Morgan fingerprint density at radius 3 is 0.958 bits per heavy atom. The second-order valence-electron chi connectivity index (χ2n) is 33.7. The molecule has 0 aliphatic heterocycles. The number of fused-ring (bicyclic) bond motifs is 3. The van der Waals surface area contributed by atoms with Crippen LogP contribution in [-0.4, -0.2) is 76.2 Å². The summed E-state index contributed by atoms with van der Waals surface area (Å²) in [6.45, 7) is 70.6. The lowest BCUT2D eigenvalue weighted by Crippen LogP contribution is -2.32. The zero-order valence-corrected chi connectivity index (χ0v) is 81.0. The van der Waals surface area contributed by atoms with Gasteiger partial charge in [0.25, 0.3) is 0 Å². The van der Waals surface area contributed by atoms with Gasteiger partial charge in [0.05, 0.1) is 13.7 Å². The lowest BCUT2D eigenvalue weighted by molar-refractivity contribution is -0.152. The highest BCUT2D eigenvalue weighted by molar-refractivity contribution is 6.78. The Balaban J connectivity index is -0.000000407. The molecule has 0 radical (unpaired) electrons. The molecule has 12 nitrogen and oxygen atoms in total. The highest BCUT2D eigenvalue weighted by Gasteiger charge is 2.32. The largest absolute Gasteiger partial charge is 0.497 e. The number of ether oxygens (including phenoxy) is 6. The van der Waals surface area contributed by atoms with E-state index in [1.54, 1.807) is 7.11 Å². The summed E-state index contributed by atoms with van der Waals surface area (Å²) in [5, 5.41) is 0.576. The van der Waals surface area contributed by atoms with Crippen LogP contribution >= 0.6 is 0 Å². The molecule has 660 valence electrons. The Labute approximate surface area is 726 Å². The molecule has 8 aromatic carbocycles. The van der Waals surface area contributed by atoms with Crippen molar-refractivity contribution in [3.05, 3.63) is 294 Å². The van der Waals surface area contributed by atoms with Gasteiger partial charge in [-0.3, -0.25) is 24.0 Å². The lowest BCUT2D eigenvalue weighted by atomic mass is 9.71. The summed E-state index contributed by atoms with van der Waals surface area (Å²) in [5.74, 6) is 0.125. The van der Waals surface area contributed by atoms with Crippen molar-refractivity contribution in [2.24, 2.45) is 10.8 Å². The highest BCUT2D eigenvalue weighted by atomic mass is 28.3. The van der Waals surface area contributed by atoms with Crippen LogP contribution in [0.3, 0.4) is 0 Å². The maximum Gasteiger partial charge on any atom is 0.303 e.